The van der Waals surface area contributed by atoms with Crippen LogP contribution in [0.5, 0.6) is 23.0 Å². The van der Waals surface area contributed by atoms with Gasteiger partial charge in [-0.15, -0.1) is 0 Å². The standard InChI is InChI=1S/4C26H33NO6/c4*1-6-33-25(29)20-14-27-21(13-22(20)28)19-12-23(31-5)16(15-32-10-9-30-4)11-18(19)17-7-8-26(2,3)24(17)27/h4*11-14,17,24H,6-10,15H2,1-5H3/t2*17-,24+;2*17-,24-/m1010/s1. The lowest BCUT2D eigenvalue weighted by molar-refractivity contribution is 0.0513. The van der Waals surface area contributed by atoms with E-state index in [2.05, 4.69) is 97.9 Å². The zero-order chi connectivity index (χ0) is 95.0. The molecule has 0 N–H and O–H groups in total. The van der Waals surface area contributed by atoms with Crippen LogP contribution in [0.1, 0.15) is 268 Å². The maximum absolute atomic E-state index is 12.9. The first-order valence-electron chi connectivity index (χ1n) is 46.1. The van der Waals surface area contributed by atoms with Crippen molar-refractivity contribution >= 4 is 23.9 Å². The van der Waals surface area contributed by atoms with E-state index in [-0.39, 0.29) is 140 Å². The number of esters is 4. The number of ether oxygens (including phenoxy) is 16. The maximum Gasteiger partial charge on any atom is 0.343 e. The molecule has 4 aromatic heterocycles. The number of fused-ring (bicyclic) bond motifs is 24. The van der Waals surface area contributed by atoms with Crippen LogP contribution in [0.15, 0.2) is 117 Å². The fourth-order valence-corrected chi connectivity index (χ4v) is 21.7. The van der Waals surface area contributed by atoms with Gasteiger partial charge in [0.1, 0.15) is 45.3 Å². The van der Waals surface area contributed by atoms with Gasteiger partial charge < -0.3 is 94.1 Å². The summed E-state index contributed by atoms with van der Waals surface area (Å²) in [7, 11) is 13.2. The van der Waals surface area contributed by atoms with Gasteiger partial charge in [0.15, 0.2) is 21.7 Å². The van der Waals surface area contributed by atoms with E-state index in [4.69, 9.17) is 75.8 Å². The van der Waals surface area contributed by atoms with Crippen molar-refractivity contribution in [3.8, 4) is 68.0 Å². The van der Waals surface area contributed by atoms with E-state index >= 15 is 0 Å². The number of pyridine rings is 4. The number of hydrogen-bond acceptors (Lipinski definition) is 24. The van der Waals surface area contributed by atoms with E-state index in [9.17, 15) is 38.4 Å². The first-order valence-corrected chi connectivity index (χ1v) is 46.1. The molecule has 0 bridgehead atoms. The average molecular weight is 1820 g/mol. The van der Waals surface area contributed by atoms with Gasteiger partial charge >= 0.3 is 23.9 Å². The highest BCUT2D eigenvalue weighted by Crippen LogP contribution is 2.64. The Morgan fingerprint density at radius 1 is 0.295 bits per heavy atom. The Balaban J connectivity index is 0.000000150. The van der Waals surface area contributed by atoms with Gasteiger partial charge in [0.25, 0.3) is 0 Å². The first-order chi connectivity index (χ1) is 63.3. The second-order valence-electron chi connectivity index (χ2n) is 37.8. The molecule has 16 rings (SSSR count). The molecule has 132 heavy (non-hydrogen) atoms. The molecular formula is C104H132N4O24. The molecule has 8 aromatic rings. The predicted octanol–water partition coefficient (Wildman–Crippen LogP) is 17.3. The van der Waals surface area contributed by atoms with E-state index in [0.29, 0.717) is 79.3 Å². The second-order valence-corrected chi connectivity index (χ2v) is 37.8. The van der Waals surface area contributed by atoms with Crippen molar-refractivity contribution in [2.45, 2.75) is 209 Å². The van der Waals surface area contributed by atoms with Crippen molar-refractivity contribution < 1.29 is 95.0 Å². The number of carbonyl (C=O) groups excluding carboxylic acids is 4. The minimum Gasteiger partial charge on any atom is -0.496 e. The number of methoxy groups -OCH3 is 8. The summed E-state index contributed by atoms with van der Waals surface area (Å²) in [6, 6.07) is 23.5. The largest absolute Gasteiger partial charge is 0.496 e. The molecule has 28 heteroatoms. The summed E-state index contributed by atoms with van der Waals surface area (Å²) in [5, 5.41) is 0. The molecule has 4 fully saturated rings. The zero-order valence-electron chi connectivity index (χ0n) is 80.4. The second kappa shape index (κ2) is 42.3. The molecule has 8 atom stereocenters. The lowest BCUT2D eigenvalue weighted by atomic mass is 9.77. The number of carbonyl (C=O) groups is 4. The van der Waals surface area contributed by atoms with Crippen molar-refractivity contribution in [3.05, 3.63) is 205 Å². The fourth-order valence-electron chi connectivity index (χ4n) is 21.7. The Morgan fingerprint density at radius 3 is 0.667 bits per heavy atom. The summed E-state index contributed by atoms with van der Waals surface area (Å²) in [5.74, 6) is 1.65. The van der Waals surface area contributed by atoms with Crippen LogP contribution in [0.25, 0.3) is 45.0 Å². The average Bonchev–Trinajstić information content (AvgIpc) is 1.62. The monoisotopic (exact) mass is 1820 g/mol. The molecular weight excluding hydrogens is 1690 g/mol. The zero-order valence-corrected chi connectivity index (χ0v) is 80.4. The number of benzene rings is 4. The van der Waals surface area contributed by atoms with Crippen LogP contribution >= 0.6 is 0 Å². The van der Waals surface area contributed by atoms with E-state index in [0.717, 1.165) is 142 Å². The van der Waals surface area contributed by atoms with Crippen LogP contribution in [0, 0.1) is 21.7 Å². The third-order valence-electron chi connectivity index (χ3n) is 27.9. The highest BCUT2D eigenvalue weighted by atomic mass is 16.6. The van der Waals surface area contributed by atoms with Gasteiger partial charge in [-0.3, -0.25) is 19.2 Å². The smallest absolute Gasteiger partial charge is 0.343 e. The molecule has 4 aliphatic carbocycles. The van der Waals surface area contributed by atoms with Crippen LogP contribution in [0.4, 0.5) is 0 Å². The summed E-state index contributed by atoms with van der Waals surface area (Å²) >= 11 is 0. The summed E-state index contributed by atoms with van der Waals surface area (Å²) in [6.07, 6.45) is 15.1. The molecule has 28 nitrogen and oxygen atoms in total. The van der Waals surface area contributed by atoms with Gasteiger partial charge in [-0.25, -0.2) is 19.2 Å². The molecule has 8 aliphatic rings. The van der Waals surface area contributed by atoms with Crippen LogP contribution in [0.3, 0.4) is 0 Å². The first kappa shape index (κ1) is 98.9. The minimum absolute atomic E-state index is 0.00710. The van der Waals surface area contributed by atoms with Gasteiger partial charge in [-0.2, -0.15) is 0 Å². The highest BCUT2D eigenvalue weighted by Gasteiger charge is 2.53. The maximum atomic E-state index is 12.9. The van der Waals surface area contributed by atoms with Gasteiger partial charge in [0.05, 0.1) is 157 Å². The van der Waals surface area contributed by atoms with E-state index < -0.39 is 23.9 Å². The van der Waals surface area contributed by atoms with E-state index in [1.165, 1.54) is 22.3 Å². The molecule has 4 aromatic carbocycles. The SMILES string of the molecule is CCOC(=O)c1cn2c(cc1=O)-c1cc(OC)c(COCCOC)cc1[C@@H]1CCC(C)(C)[C@@H]12.CCOC(=O)c1cn2c(cc1=O)-c1cc(OC)c(COCCOC)cc1[C@@H]1CCC(C)(C)[C@H]12.CCOC(=O)c1cn2c(cc1=O)-c1cc(OC)c(COCCOC)cc1[C@H]1CCC(C)(C)[C@@H]12.CCOC(=O)c1cn2c(cc1=O)-c1cc(OC)c(COCCOC)cc1[C@H]1CCC(C)(C)[C@H]12. The predicted molar refractivity (Wildman–Crippen MR) is 500 cm³/mol. The normalized spacial score (nSPS) is 20.0. The summed E-state index contributed by atoms with van der Waals surface area (Å²) in [4.78, 5) is 102. The Bertz CT molecular complexity index is 5110. The lowest BCUT2D eigenvalue weighted by Gasteiger charge is -2.40. The molecule has 0 saturated heterocycles. The lowest BCUT2D eigenvalue weighted by Crippen LogP contribution is -2.32. The quantitative estimate of drug-likeness (QED) is 0.0215. The van der Waals surface area contributed by atoms with Crippen molar-refractivity contribution in [1.29, 1.82) is 0 Å². The molecule has 0 amide bonds. The third-order valence-corrected chi connectivity index (χ3v) is 27.9. The van der Waals surface area contributed by atoms with Crippen molar-refractivity contribution in [3.63, 3.8) is 0 Å². The van der Waals surface area contributed by atoms with Crippen molar-refractivity contribution in [1.82, 2.24) is 18.3 Å². The summed E-state index contributed by atoms with van der Waals surface area (Å²) in [5.41, 5.74) is 14.9. The molecule has 4 saturated carbocycles. The molecule has 712 valence electrons. The number of rotatable bonds is 32. The molecule has 0 unspecified atom stereocenters. The number of nitrogens with zero attached hydrogens (tertiary/aromatic N) is 4. The molecule has 0 radical (unpaired) electrons. The molecule has 4 aliphatic heterocycles. The molecule has 0 spiro atoms. The van der Waals surface area contributed by atoms with Crippen molar-refractivity contribution in [2.75, 3.05) is 136 Å². The minimum atomic E-state index is -0.572. The number of aromatic nitrogens is 4. The summed E-state index contributed by atoms with van der Waals surface area (Å²) < 4.78 is 95.3. The van der Waals surface area contributed by atoms with E-state index in [1.54, 1.807) is 134 Å². The van der Waals surface area contributed by atoms with Gasteiger partial charge in [-0.1, -0.05) is 55.4 Å². The number of hydrogen-bond donors (Lipinski definition) is 0. The van der Waals surface area contributed by atoms with Gasteiger partial charge in [-0.05, 0) is 172 Å². The Labute approximate surface area is 773 Å². The van der Waals surface area contributed by atoms with Crippen LogP contribution in [-0.4, -0.2) is 178 Å². The molecule has 8 heterocycles. The Hall–Kier alpha value is -10.6. The van der Waals surface area contributed by atoms with E-state index in [1.807, 2.05) is 24.3 Å². The van der Waals surface area contributed by atoms with Crippen LogP contribution in [0.2, 0.25) is 0 Å². The summed E-state index contributed by atoms with van der Waals surface area (Å²) in [6.45, 7) is 31.8. The van der Waals surface area contributed by atoms with Gasteiger partial charge in [0, 0.05) is 170 Å². The third kappa shape index (κ3) is 20.0. The Kier molecular flexibility index (Phi) is 31.7. The van der Waals surface area contributed by atoms with Gasteiger partial charge in [0.2, 0.25) is 0 Å². The van der Waals surface area contributed by atoms with Crippen molar-refractivity contribution in [2.24, 2.45) is 21.7 Å². The van der Waals surface area contributed by atoms with Crippen LogP contribution < -0.4 is 40.7 Å². The Morgan fingerprint density at radius 2 is 0.492 bits per heavy atom. The fraction of sp³-hybridized carbons (Fsp3) is 0.538. The topological polar surface area (TPSA) is 304 Å². The highest BCUT2D eigenvalue weighted by molar-refractivity contribution is 5.92. The van der Waals surface area contributed by atoms with Crippen LogP contribution in [-0.2, 0) is 83.3 Å².